The quantitative estimate of drug-likeness (QED) is 0.205. The third kappa shape index (κ3) is 7.36. The summed E-state index contributed by atoms with van der Waals surface area (Å²) >= 11 is 0. The third-order valence-corrected chi connectivity index (χ3v) is 6.12. The number of benzene rings is 2. The van der Waals surface area contributed by atoms with Crippen LogP contribution in [0.1, 0.15) is 63.8 Å². The van der Waals surface area contributed by atoms with E-state index in [9.17, 15) is 37.5 Å². The van der Waals surface area contributed by atoms with E-state index in [2.05, 4.69) is 25.3 Å². The highest BCUT2D eigenvalue weighted by atomic mass is 19.4. The molecule has 2 amide bonds. The van der Waals surface area contributed by atoms with E-state index in [4.69, 9.17) is 4.74 Å². The minimum absolute atomic E-state index is 0.0591. The molecule has 2 aromatic carbocycles. The predicted molar refractivity (Wildman–Crippen MR) is 145 cm³/mol. The standard InChI is InChI=1S/C28H26F3N5O7/c1-4-42-21(37)12-27(2,3)35-22-16(14-36-23(38)17-7-5-6-8-18(17)24(36)39)13-32-26(34-22)33-19-10-9-15(25(40)41)11-20(19)43-28(29,30)31/h5-11,13H,4,12,14H2,1-3H3,(H,40,41)(H2,32,33,34,35). The molecule has 3 aromatic rings. The first-order chi connectivity index (χ1) is 20.2. The number of anilines is 3. The first-order valence-electron chi connectivity index (χ1n) is 12.8. The molecule has 2 heterocycles. The van der Waals surface area contributed by atoms with Gasteiger partial charge in [-0.15, -0.1) is 13.2 Å². The summed E-state index contributed by atoms with van der Waals surface area (Å²) in [7, 11) is 0. The lowest BCUT2D eigenvalue weighted by atomic mass is 10.0. The number of nitrogens with one attached hydrogen (secondary N) is 2. The second-order valence-electron chi connectivity index (χ2n) is 9.99. The number of aromatic carboxylic acids is 1. The number of nitrogens with zero attached hydrogens (tertiary/aromatic N) is 3. The number of ether oxygens (including phenoxy) is 2. The Balaban J connectivity index is 1.70. The number of hydrogen-bond acceptors (Lipinski definition) is 10. The molecule has 15 heteroatoms. The van der Waals surface area contributed by atoms with Crippen LogP contribution in [0.15, 0.2) is 48.7 Å². The normalized spacial score (nSPS) is 13.0. The fourth-order valence-corrected chi connectivity index (χ4v) is 4.27. The molecule has 43 heavy (non-hydrogen) atoms. The molecule has 1 aliphatic heterocycles. The molecule has 0 radical (unpaired) electrons. The van der Waals surface area contributed by atoms with Crippen LogP contribution in [0.4, 0.5) is 30.6 Å². The zero-order valence-electron chi connectivity index (χ0n) is 23.1. The highest BCUT2D eigenvalue weighted by Crippen LogP contribution is 2.34. The summed E-state index contributed by atoms with van der Waals surface area (Å²) in [6.07, 6.45) is -3.98. The molecule has 0 unspecified atom stereocenters. The zero-order chi connectivity index (χ0) is 31.5. The molecule has 0 spiro atoms. The molecule has 0 bridgehead atoms. The van der Waals surface area contributed by atoms with Gasteiger partial charge in [0.15, 0.2) is 5.75 Å². The molecule has 4 rings (SSSR count). The van der Waals surface area contributed by atoms with Crippen LogP contribution >= 0.6 is 0 Å². The van der Waals surface area contributed by atoms with Crippen molar-refractivity contribution in [2.45, 2.75) is 45.6 Å². The summed E-state index contributed by atoms with van der Waals surface area (Å²) in [5.41, 5.74) is -1.03. The lowest BCUT2D eigenvalue weighted by molar-refractivity contribution is -0.274. The Hall–Kier alpha value is -5.21. The molecule has 1 aliphatic rings. The Morgan fingerprint density at radius 2 is 1.70 bits per heavy atom. The summed E-state index contributed by atoms with van der Waals surface area (Å²) < 4.78 is 48.3. The van der Waals surface area contributed by atoms with Gasteiger partial charge in [0.05, 0.1) is 42.0 Å². The van der Waals surface area contributed by atoms with Gasteiger partial charge in [-0.05, 0) is 51.1 Å². The molecular formula is C28H26F3N5O7. The maximum absolute atomic E-state index is 13.1. The molecule has 0 fully saturated rings. The summed E-state index contributed by atoms with van der Waals surface area (Å²) in [5, 5.41) is 14.9. The maximum Gasteiger partial charge on any atom is 0.573 e. The van der Waals surface area contributed by atoms with Crippen LogP contribution in [0, 0.1) is 0 Å². The fourth-order valence-electron chi connectivity index (χ4n) is 4.27. The minimum atomic E-state index is -5.13. The number of carboxylic acids is 1. The van der Waals surface area contributed by atoms with Gasteiger partial charge in [-0.25, -0.2) is 9.78 Å². The van der Waals surface area contributed by atoms with Gasteiger partial charge >= 0.3 is 18.3 Å². The van der Waals surface area contributed by atoms with Gasteiger partial charge < -0.3 is 25.2 Å². The number of halogens is 3. The van der Waals surface area contributed by atoms with Crippen molar-refractivity contribution in [2.24, 2.45) is 0 Å². The zero-order valence-corrected chi connectivity index (χ0v) is 23.1. The van der Waals surface area contributed by atoms with Gasteiger partial charge in [-0.2, -0.15) is 4.98 Å². The Morgan fingerprint density at radius 3 is 2.28 bits per heavy atom. The molecule has 1 aromatic heterocycles. The van der Waals surface area contributed by atoms with E-state index in [0.717, 1.165) is 17.0 Å². The number of rotatable bonds is 11. The van der Waals surface area contributed by atoms with Crippen LogP contribution in [0.25, 0.3) is 0 Å². The van der Waals surface area contributed by atoms with Crippen molar-refractivity contribution in [3.8, 4) is 5.75 Å². The van der Waals surface area contributed by atoms with Gasteiger partial charge in [-0.1, -0.05) is 12.1 Å². The van der Waals surface area contributed by atoms with Crippen molar-refractivity contribution in [3.05, 3.63) is 70.9 Å². The number of carbonyl (C=O) groups excluding carboxylic acids is 3. The molecule has 12 nitrogen and oxygen atoms in total. The monoisotopic (exact) mass is 601 g/mol. The number of alkyl halides is 3. The van der Waals surface area contributed by atoms with Crippen LogP contribution in [0.3, 0.4) is 0 Å². The van der Waals surface area contributed by atoms with Crippen LogP contribution in [0.2, 0.25) is 0 Å². The highest BCUT2D eigenvalue weighted by molar-refractivity contribution is 6.21. The Bertz CT molecular complexity index is 1560. The molecule has 0 atom stereocenters. The van der Waals surface area contributed by atoms with E-state index < -0.39 is 47.0 Å². The number of hydrogen-bond donors (Lipinski definition) is 3. The van der Waals surface area contributed by atoms with Crippen LogP contribution in [0.5, 0.6) is 5.75 Å². The van der Waals surface area contributed by atoms with Crippen molar-refractivity contribution in [1.82, 2.24) is 14.9 Å². The summed E-state index contributed by atoms with van der Waals surface area (Å²) in [6, 6.07) is 9.11. The Morgan fingerprint density at radius 1 is 1.05 bits per heavy atom. The van der Waals surface area contributed by atoms with E-state index in [0.29, 0.717) is 6.07 Å². The molecule has 226 valence electrons. The topological polar surface area (TPSA) is 160 Å². The average molecular weight is 602 g/mol. The summed E-state index contributed by atoms with van der Waals surface area (Å²) in [5.74, 6) is -4.08. The number of esters is 1. The number of fused-ring (bicyclic) bond motifs is 1. The van der Waals surface area contributed by atoms with Crippen molar-refractivity contribution in [3.63, 3.8) is 0 Å². The maximum atomic E-state index is 13.1. The number of aromatic nitrogens is 2. The fraction of sp³-hybridized carbons (Fsp3) is 0.286. The van der Waals surface area contributed by atoms with E-state index in [-0.39, 0.29) is 53.7 Å². The minimum Gasteiger partial charge on any atom is -0.478 e. The van der Waals surface area contributed by atoms with Gasteiger partial charge in [0, 0.05) is 17.3 Å². The number of carbonyl (C=O) groups is 4. The molecule has 0 saturated heterocycles. The number of amides is 2. The van der Waals surface area contributed by atoms with Gasteiger partial charge in [-0.3, -0.25) is 19.3 Å². The SMILES string of the molecule is CCOC(=O)CC(C)(C)Nc1nc(Nc2ccc(C(=O)O)cc2OC(F)(F)F)ncc1CN1C(=O)c2ccccc2C1=O. The number of carboxylic acid groups (broad SMARTS) is 1. The second kappa shape index (κ2) is 12.0. The van der Waals surface area contributed by atoms with Gasteiger partial charge in [0.2, 0.25) is 5.95 Å². The summed E-state index contributed by atoms with van der Waals surface area (Å²) in [6.45, 7) is 4.89. The molecular weight excluding hydrogens is 575 g/mol. The Labute approximate surface area is 242 Å². The van der Waals surface area contributed by atoms with E-state index in [1.165, 1.54) is 18.3 Å². The van der Waals surface area contributed by atoms with Crippen LogP contribution < -0.4 is 15.4 Å². The van der Waals surface area contributed by atoms with E-state index >= 15 is 0 Å². The van der Waals surface area contributed by atoms with Gasteiger partial charge in [0.1, 0.15) is 5.82 Å². The molecule has 0 saturated carbocycles. The third-order valence-electron chi connectivity index (χ3n) is 6.12. The molecule has 3 N–H and O–H groups in total. The smallest absolute Gasteiger partial charge is 0.478 e. The largest absolute Gasteiger partial charge is 0.573 e. The predicted octanol–water partition coefficient (Wildman–Crippen LogP) is 4.76. The van der Waals surface area contributed by atoms with Crippen molar-refractivity contribution >= 4 is 41.2 Å². The lowest BCUT2D eigenvalue weighted by Gasteiger charge is -2.28. The van der Waals surface area contributed by atoms with E-state index in [1.54, 1.807) is 32.9 Å². The van der Waals surface area contributed by atoms with Crippen molar-refractivity contribution in [1.29, 1.82) is 0 Å². The van der Waals surface area contributed by atoms with Crippen molar-refractivity contribution < 1.29 is 46.9 Å². The van der Waals surface area contributed by atoms with Gasteiger partial charge in [0.25, 0.3) is 11.8 Å². The molecule has 0 aliphatic carbocycles. The van der Waals surface area contributed by atoms with Crippen LogP contribution in [-0.2, 0) is 16.1 Å². The summed E-state index contributed by atoms with van der Waals surface area (Å²) in [4.78, 5) is 59.0. The Kier molecular flexibility index (Phi) is 8.55. The highest BCUT2D eigenvalue weighted by Gasteiger charge is 2.36. The average Bonchev–Trinajstić information content (AvgIpc) is 3.14. The first-order valence-corrected chi connectivity index (χ1v) is 12.8. The van der Waals surface area contributed by atoms with E-state index in [1.807, 2.05) is 0 Å². The lowest BCUT2D eigenvalue weighted by Crippen LogP contribution is -2.36. The second-order valence-corrected chi connectivity index (χ2v) is 9.99. The van der Waals surface area contributed by atoms with Crippen molar-refractivity contribution in [2.75, 3.05) is 17.2 Å². The van der Waals surface area contributed by atoms with Crippen LogP contribution in [-0.4, -0.2) is 62.2 Å². The first kappa shape index (κ1) is 30.7. The number of imide groups is 1.